The van der Waals surface area contributed by atoms with Crippen molar-refractivity contribution in [2.45, 2.75) is 33.4 Å². The molecule has 0 fully saturated rings. The third-order valence-electron chi connectivity index (χ3n) is 5.20. The van der Waals surface area contributed by atoms with Gasteiger partial charge in [-0.15, -0.1) is 5.10 Å². The number of anilines is 2. The highest BCUT2D eigenvalue weighted by atomic mass is 15.4. The first-order valence-electron chi connectivity index (χ1n) is 10.5. The Kier molecular flexibility index (Phi) is 5.02. The van der Waals surface area contributed by atoms with E-state index >= 15 is 0 Å². The van der Waals surface area contributed by atoms with Crippen LogP contribution in [0.4, 0.5) is 11.4 Å². The SMILES string of the molecule is CCn1cc(Nc2cc(-n3cnc4cc(C#N)cnc43)ncc2-c2cn(C(C)C)nn2)cn1. The summed E-state index contributed by atoms with van der Waals surface area (Å²) in [6, 6.07) is 5.90. The molecule has 0 unspecified atom stereocenters. The minimum Gasteiger partial charge on any atom is -0.352 e. The summed E-state index contributed by atoms with van der Waals surface area (Å²) >= 11 is 0. The highest BCUT2D eigenvalue weighted by Gasteiger charge is 2.16. The zero-order chi connectivity index (χ0) is 22.9. The van der Waals surface area contributed by atoms with Gasteiger partial charge in [-0.2, -0.15) is 10.4 Å². The molecule has 0 radical (unpaired) electrons. The molecule has 5 heterocycles. The minimum atomic E-state index is 0.194. The molecule has 0 aliphatic heterocycles. The third-order valence-corrected chi connectivity index (χ3v) is 5.20. The van der Waals surface area contributed by atoms with Gasteiger partial charge in [0.1, 0.15) is 29.4 Å². The Hall–Kier alpha value is -4.59. The standard InChI is InChI=1S/C22H21N11/c1-4-31-11-16(9-27-31)28-18-6-21(24-10-17(18)20-12-33(14(2)3)30-29-20)32-13-26-19-5-15(7-23)8-25-22(19)32/h5-6,8-14H,4H2,1-3H3,(H,24,28). The molecule has 164 valence electrons. The van der Waals surface area contributed by atoms with Gasteiger partial charge >= 0.3 is 0 Å². The van der Waals surface area contributed by atoms with Crippen molar-refractivity contribution in [3.8, 4) is 23.1 Å². The maximum absolute atomic E-state index is 9.13. The average Bonchev–Trinajstić information content (AvgIpc) is 3.58. The van der Waals surface area contributed by atoms with Gasteiger partial charge in [-0.3, -0.25) is 9.25 Å². The fourth-order valence-corrected chi connectivity index (χ4v) is 3.42. The topological polar surface area (TPSA) is 128 Å². The van der Waals surface area contributed by atoms with E-state index in [0.717, 1.165) is 23.5 Å². The number of imidazole rings is 1. The molecule has 0 saturated heterocycles. The fraction of sp³-hybridized carbons (Fsp3) is 0.227. The molecule has 0 amide bonds. The van der Waals surface area contributed by atoms with Gasteiger partial charge in [0.15, 0.2) is 5.65 Å². The van der Waals surface area contributed by atoms with Crippen LogP contribution in [0.2, 0.25) is 0 Å². The summed E-state index contributed by atoms with van der Waals surface area (Å²) in [7, 11) is 0. The number of aromatic nitrogens is 9. The molecule has 11 heteroatoms. The molecule has 0 aliphatic rings. The highest BCUT2D eigenvalue weighted by molar-refractivity contribution is 5.80. The number of aryl methyl sites for hydroxylation is 1. The smallest absolute Gasteiger partial charge is 0.165 e. The summed E-state index contributed by atoms with van der Waals surface area (Å²) < 4.78 is 5.44. The number of fused-ring (bicyclic) bond motifs is 1. The first kappa shape index (κ1) is 20.3. The zero-order valence-electron chi connectivity index (χ0n) is 18.4. The van der Waals surface area contributed by atoms with Crippen LogP contribution in [0.5, 0.6) is 0 Å². The normalized spacial score (nSPS) is 11.2. The lowest BCUT2D eigenvalue weighted by Crippen LogP contribution is -2.01. The molecular weight excluding hydrogens is 418 g/mol. The highest BCUT2D eigenvalue weighted by Crippen LogP contribution is 2.31. The zero-order valence-corrected chi connectivity index (χ0v) is 18.4. The number of nitriles is 1. The van der Waals surface area contributed by atoms with Gasteiger partial charge in [-0.05, 0) is 26.8 Å². The molecule has 0 spiro atoms. The van der Waals surface area contributed by atoms with Crippen LogP contribution >= 0.6 is 0 Å². The molecule has 1 N–H and O–H groups in total. The van der Waals surface area contributed by atoms with Crippen LogP contribution in [0.1, 0.15) is 32.4 Å². The Morgan fingerprint density at radius 1 is 1.09 bits per heavy atom. The lowest BCUT2D eigenvalue weighted by molar-refractivity contribution is 0.514. The van der Waals surface area contributed by atoms with Crippen molar-refractivity contribution in [2.75, 3.05) is 5.32 Å². The Labute approximate surface area is 189 Å². The van der Waals surface area contributed by atoms with Crippen LogP contribution in [-0.2, 0) is 6.54 Å². The first-order chi connectivity index (χ1) is 16.1. The summed E-state index contributed by atoms with van der Waals surface area (Å²) in [6.45, 7) is 6.90. The molecule has 0 atom stereocenters. The van der Waals surface area contributed by atoms with Gasteiger partial charge in [-0.1, -0.05) is 5.21 Å². The summed E-state index contributed by atoms with van der Waals surface area (Å²) in [5.41, 5.74) is 4.85. The number of nitrogens with zero attached hydrogens (tertiary/aromatic N) is 10. The molecule has 11 nitrogen and oxygen atoms in total. The second-order valence-electron chi connectivity index (χ2n) is 7.77. The molecular formula is C22H21N11. The molecule has 0 bridgehead atoms. The molecule has 0 aromatic carbocycles. The van der Waals surface area contributed by atoms with Gasteiger partial charge in [-0.25, -0.2) is 19.6 Å². The van der Waals surface area contributed by atoms with Crippen molar-refractivity contribution >= 4 is 22.5 Å². The molecule has 0 aliphatic carbocycles. The van der Waals surface area contributed by atoms with Crippen molar-refractivity contribution in [1.82, 2.24) is 44.3 Å². The average molecular weight is 439 g/mol. The van der Waals surface area contributed by atoms with E-state index in [9.17, 15) is 0 Å². The molecule has 5 aromatic heterocycles. The van der Waals surface area contributed by atoms with Gasteiger partial charge in [0.25, 0.3) is 0 Å². The van der Waals surface area contributed by atoms with E-state index in [0.29, 0.717) is 28.2 Å². The molecule has 5 aromatic rings. The number of rotatable bonds is 6. The second-order valence-corrected chi connectivity index (χ2v) is 7.77. The number of nitrogens with one attached hydrogen (secondary N) is 1. The predicted octanol–water partition coefficient (Wildman–Crippen LogP) is 3.49. The van der Waals surface area contributed by atoms with Crippen molar-refractivity contribution in [3.63, 3.8) is 0 Å². The van der Waals surface area contributed by atoms with Crippen molar-refractivity contribution in [1.29, 1.82) is 5.26 Å². The summed E-state index contributed by atoms with van der Waals surface area (Å²) in [4.78, 5) is 13.4. The number of pyridine rings is 2. The largest absolute Gasteiger partial charge is 0.352 e. The summed E-state index contributed by atoms with van der Waals surface area (Å²) in [5, 5.41) is 25.5. The quantitative estimate of drug-likeness (QED) is 0.426. The number of hydrogen-bond donors (Lipinski definition) is 1. The van der Waals surface area contributed by atoms with Crippen LogP contribution in [0.15, 0.2) is 49.4 Å². The molecule has 33 heavy (non-hydrogen) atoms. The Morgan fingerprint density at radius 3 is 2.70 bits per heavy atom. The van der Waals surface area contributed by atoms with E-state index < -0.39 is 0 Å². The van der Waals surface area contributed by atoms with Gasteiger partial charge in [0, 0.05) is 42.8 Å². The van der Waals surface area contributed by atoms with E-state index in [-0.39, 0.29) is 6.04 Å². The van der Waals surface area contributed by atoms with Gasteiger partial charge < -0.3 is 5.32 Å². The number of hydrogen-bond acceptors (Lipinski definition) is 8. The van der Waals surface area contributed by atoms with Crippen molar-refractivity contribution < 1.29 is 0 Å². The van der Waals surface area contributed by atoms with Gasteiger partial charge in [0.05, 0.1) is 29.3 Å². The maximum Gasteiger partial charge on any atom is 0.165 e. The van der Waals surface area contributed by atoms with Crippen molar-refractivity contribution in [2.24, 2.45) is 0 Å². The fourth-order valence-electron chi connectivity index (χ4n) is 3.42. The van der Waals surface area contributed by atoms with Gasteiger partial charge in [0.2, 0.25) is 0 Å². The van der Waals surface area contributed by atoms with Crippen LogP contribution < -0.4 is 5.32 Å². The van der Waals surface area contributed by atoms with E-state index in [1.807, 2.05) is 48.6 Å². The van der Waals surface area contributed by atoms with Crippen LogP contribution in [0.3, 0.4) is 0 Å². The molecule has 5 rings (SSSR count). The lowest BCUT2D eigenvalue weighted by Gasteiger charge is -2.11. The van der Waals surface area contributed by atoms with E-state index in [1.165, 1.54) is 6.20 Å². The van der Waals surface area contributed by atoms with Crippen LogP contribution in [0.25, 0.3) is 28.2 Å². The van der Waals surface area contributed by atoms with E-state index in [2.05, 4.69) is 41.7 Å². The monoisotopic (exact) mass is 439 g/mol. The maximum atomic E-state index is 9.13. The van der Waals surface area contributed by atoms with Crippen LogP contribution in [0, 0.1) is 11.3 Å². The third kappa shape index (κ3) is 3.78. The second kappa shape index (κ2) is 8.16. The minimum absolute atomic E-state index is 0.194. The first-order valence-corrected chi connectivity index (χ1v) is 10.5. The molecule has 0 saturated carbocycles. The summed E-state index contributed by atoms with van der Waals surface area (Å²) in [5.74, 6) is 0.625. The Morgan fingerprint density at radius 2 is 1.97 bits per heavy atom. The summed E-state index contributed by atoms with van der Waals surface area (Å²) in [6.07, 6.45) is 10.5. The van der Waals surface area contributed by atoms with E-state index in [4.69, 9.17) is 5.26 Å². The Bertz CT molecular complexity index is 1480. The lowest BCUT2D eigenvalue weighted by atomic mass is 10.1. The van der Waals surface area contributed by atoms with Crippen LogP contribution in [-0.4, -0.2) is 44.3 Å². The van der Waals surface area contributed by atoms with Crippen molar-refractivity contribution in [3.05, 3.63) is 55.0 Å². The van der Waals surface area contributed by atoms with E-state index in [1.54, 1.807) is 29.4 Å². The predicted molar refractivity (Wildman–Crippen MR) is 122 cm³/mol. The Balaban J connectivity index is 1.61.